The maximum atomic E-state index is 12.5. The van der Waals surface area contributed by atoms with Crippen molar-refractivity contribution in [2.75, 3.05) is 60.1 Å². The number of hydrogen-bond acceptors (Lipinski definition) is 6. The Morgan fingerprint density at radius 1 is 1.25 bits per heavy atom. The van der Waals surface area contributed by atoms with E-state index in [1.165, 1.54) is 0 Å². The molecule has 28 heavy (non-hydrogen) atoms. The monoisotopic (exact) mass is 391 g/mol. The zero-order chi connectivity index (χ0) is 20.1. The molecule has 3 amide bonds. The Morgan fingerprint density at radius 3 is 2.64 bits per heavy atom. The van der Waals surface area contributed by atoms with Gasteiger partial charge in [0.1, 0.15) is 0 Å². The molecular formula is C19H29N5O4. The number of nitrogens with zero attached hydrogens (tertiary/aromatic N) is 4. The van der Waals surface area contributed by atoms with Gasteiger partial charge in [0.25, 0.3) is 5.91 Å². The lowest BCUT2D eigenvalue weighted by molar-refractivity contribution is 0.0786. The van der Waals surface area contributed by atoms with Crippen LogP contribution < -0.4 is 10.1 Å². The number of carbonyl (C=O) groups is 2. The second kappa shape index (κ2) is 9.20. The summed E-state index contributed by atoms with van der Waals surface area (Å²) < 4.78 is 10.5. The highest BCUT2D eigenvalue weighted by Gasteiger charge is 2.29. The van der Waals surface area contributed by atoms with Crippen molar-refractivity contribution in [3.05, 3.63) is 22.9 Å². The van der Waals surface area contributed by atoms with E-state index in [1.54, 1.807) is 30.1 Å². The second-order valence-corrected chi connectivity index (χ2v) is 6.95. The van der Waals surface area contributed by atoms with Gasteiger partial charge in [0.15, 0.2) is 0 Å². The fourth-order valence-electron chi connectivity index (χ4n) is 3.54. The van der Waals surface area contributed by atoms with E-state index in [0.717, 1.165) is 25.3 Å². The fraction of sp³-hybridized carbons (Fsp3) is 0.632. The summed E-state index contributed by atoms with van der Waals surface area (Å²) in [6.07, 6.45) is 0. The van der Waals surface area contributed by atoms with Crippen LogP contribution in [-0.4, -0.2) is 91.7 Å². The standard InChI is InChI=1S/C19H29N5O4/c1-4-23-13-16-15(18(23)25)11-14(17(21-16)28-3)12-20-19(26)24-7-5-22(6-8-24)9-10-27-2/h11H,4-10,12-13H2,1-3H3,(H,20,26). The molecule has 1 saturated heterocycles. The number of hydrogen-bond donors (Lipinski definition) is 1. The Kier molecular flexibility index (Phi) is 6.69. The summed E-state index contributed by atoms with van der Waals surface area (Å²) in [7, 11) is 3.24. The quantitative estimate of drug-likeness (QED) is 0.730. The van der Waals surface area contributed by atoms with Gasteiger partial charge >= 0.3 is 6.03 Å². The predicted molar refractivity (Wildman–Crippen MR) is 103 cm³/mol. The maximum absolute atomic E-state index is 12.5. The van der Waals surface area contributed by atoms with Crippen molar-refractivity contribution >= 4 is 11.9 Å². The van der Waals surface area contributed by atoms with Crippen LogP contribution in [0.3, 0.4) is 0 Å². The van der Waals surface area contributed by atoms with Gasteiger partial charge in [-0.15, -0.1) is 0 Å². The van der Waals surface area contributed by atoms with Crippen LogP contribution in [0.2, 0.25) is 0 Å². The van der Waals surface area contributed by atoms with Gasteiger partial charge in [-0.25, -0.2) is 9.78 Å². The summed E-state index contributed by atoms with van der Waals surface area (Å²) >= 11 is 0. The third-order valence-electron chi connectivity index (χ3n) is 5.28. The molecule has 3 heterocycles. The number of amides is 3. The molecule has 1 aromatic rings. The fourth-order valence-corrected chi connectivity index (χ4v) is 3.54. The molecule has 0 atom stereocenters. The van der Waals surface area contributed by atoms with E-state index in [0.29, 0.717) is 49.8 Å². The van der Waals surface area contributed by atoms with Crippen LogP contribution in [0.4, 0.5) is 4.79 Å². The molecule has 0 aromatic carbocycles. The van der Waals surface area contributed by atoms with Gasteiger partial charge in [0.2, 0.25) is 5.88 Å². The van der Waals surface area contributed by atoms with E-state index in [1.807, 2.05) is 6.92 Å². The third-order valence-corrected chi connectivity index (χ3v) is 5.28. The van der Waals surface area contributed by atoms with E-state index in [9.17, 15) is 9.59 Å². The molecule has 0 radical (unpaired) electrons. The van der Waals surface area contributed by atoms with E-state index in [4.69, 9.17) is 9.47 Å². The van der Waals surface area contributed by atoms with Gasteiger partial charge in [-0.05, 0) is 13.0 Å². The predicted octanol–water partition coefficient (Wildman–Crippen LogP) is 0.540. The van der Waals surface area contributed by atoms with Crippen LogP contribution in [0.25, 0.3) is 0 Å². The van der Waals surface area contributed by atoms with Crippen molar-refractivity contribution in [1.29, 1.82) is 0 Å². The number of piperazine rings is 1. The summed E-state index contributed by atoms with van der Waals surface area (Å²) in [6, 6.07) is 1.68. The van der Waals surface area contributed by atoms with Gasteiger partial charge in [-0.2, -0.15) is 0 Å². The zero-order valence-electron chi connectivity index (χ0n) is 16.9. The molecule has 2 aliphatic heterocycles. The van der Waals surface area contributed by atoms with E-state index < -0.39 is 0 Å². The minimum atomic E-state index is -0.115. The lowest BCUT2D eigenvalue weighted by atomic mass is 10.1. The highest BCUT2D eigenvalue weighted by molar-refractivity contribution is 5.98. The van der Waals surface area contributed by atoms with Gasteiger partial charge in [0.05, 0.1) is 31.5 Å². The molecule has 0 spiro atoms. The highest BCUT2D eigenvalue weighted by Crippen LogP contribution is 2.26. The molecule has 1 aromatic heterocycles. The van der Waals surface area contributed by atoms with Crippen LogP contribution in [0.5, 0.6) is 5.88 Å². The van der Waals surface area contributed by atoms with Gasteiger partial charge < -0.3 is 24.6 Å². The number of methoxy groups -OCH3 is 2. The Balaban J connectivity index is 1.58. The van der Waals surface area contributed by atoms with Crippen LogP contribution in [0, 0.1) is 0 Å². The summed E-state index contributed by atoms with van der Waals surface area (Å²) in [5.74, 6) is 0.432. The van der Waals surface area contributed by atoms with Crippen molar-refractivity contribution in [1.82, 2.24) is 25.0 Å². The number of fused-ring (bicyclic) bond motifs is 1. The summed E-state index contributed by atoms with van der Waals surface area (Å²) in [5.41, 5.74) is 2.03. The molecule has 0 unspecified atom stereocenters. The van der Waals surface area contributed by atoms with Crippen LogP contribution >= 0.6 is 0 Å². The summed E-state index contributed by atoms with van der Waals surface area (Å²) in [5, 5.41) is 2.93. The van der Waals surface area contributed by atoms with Crippen LogP contribution in [-0.2, 0) is 17.8 Å². The number of nitrogens with one attached hydrogen (secondary N) is 1. The molecule has 0 saturated carbocycles. The normalized spacial score (nSPS) is 17.0. The number of pyridine rings is 1. The molecule has 0 bridgehead atoms. The molecule has 1 N–H and O–H groups in total. The van der Waals surface area contributed by atoms with E-state index >= 15 is 0 Å². The number of rotatable bonds is 7. The molecule has 1 fully saturated rings. The van der Waals surface area contributed by atoms with Crippen molar-refractivity contribution in [2.45, 2.75) is 20.0 Å². The number of aromatic nitrogens is 1. The molecule has 9 nitrogen and oxygen atoms in total. The largest absolute Gasteiger partial charge is 0.481 e. The average Bonchev–Trinajstić information content (AvgIpc) is 3.04. The SMILES string of the molecule is CCN1Cc2nc(OC)c(CNC(=O)N3CCN(CCOC)CC3)cc2C1=O. The number of ether oxygens (including phenoxy) is 2. The number of carbonyl (C=O) groups excluding carboxylic acids is 2. The Hall–Kier alpha value is -2.39. The zero-order valence-corrected chi connectivity index (χ0v) is 16.9. The minimum absolute atomic E-state index is 0.0209. The number of urea groups is 1. The Labute approximate surface area is 165 Å². The smallest absolute Gasteiger partial charge is 0.317 e. The van der Waals surface area contributed by atoms with Gasteiger partial charge in [-0.1, -0.05) is 0 Å². The summed E-state index contributed by atoms with van der Waals surface area (Å²) in [6.45, 7) is 7.96. The van der Waals surface area contributed by atoms with Crippen molar-refractivity contribution in [3.8, 4) is 5.88 Å². The van der Waals surface area contributed by atoms with Crippen molar-refractivity contribution in [2.24, 2.45) is 0 Å². The minimum Gasteiger partial charge on any atom is -0.481 e. The van der Waals surface area contributed by atoms with Gasteiger partial charge in [0, 0.05) is 58.5 Å². The average molecular weight is 391 g/mol. The first-order valence-electron chi connectivity index (χ1n) is 9.67. The molecule has 154 valence electrons. The topological polar surface area (TPSA) is 87.2 Å². The molecule has 9 heteroatoms. The second-order valence-electron chi connectivity index (χ2n) is 6.95. The molecule has 2 aliphatic rings. The summed E-state index contributed by atoms with van der Waals surface area (Å²) in [4.78, 5) is 35.2. The van der Waals surface area contributed by atoms with Crippen molar-refractivity contribution in [3.63, 3.8) is 0 Å². The van der Waals surface area contributed by atoms with Gasteiger partial charge in [-0.3, -0.25) is 9.69 Å². The Morgan fingerprint density at radius 2 is 2.00 bits per heavy atom. The third kappa shape index (κ3) is 4.36. The first kappa shape index (κ1) is 20.3. The van der Waals surface area contributed by atoms with E-state index in [-0.39, 0.29) is 18.5 Å². The highest BCUT2D eigenvalue weighted by atomic mass is 16.5. The first-order chi connectivity index (χ1) is 13.6. The van der Waals surface area contributed by atoms with Crippen LogP contribution in [0.1, 0.15) is 28.5 Å². The lowest BCUT2D eigenvalue weighted by Gasteiger charge is -2.34. The van der Waals surface area contributed by atoms with Crippen LogP contribution in [0.15, 0.2) is 6.07 Å². The Bertz CT molecular complexity index is 719. The first-order valence-corrected chi connectivity index (χ1v) is 9.67. The molecular weight excluding hydrogens is 362 g/mol. The maximum Gasteiger partial charge on any atom is 0.317 e. The molecule has 3 rings (SSSR count). The van der Waals surface area contributed by atoms with E-state index in [2.05, 4.69) is 15.2 Å². The molecule has 0 aliphatic carbocycles. The lowest BCUT2D eigenvalue weighted by Crippen LogP contribution is -2.52. The van der Waals surface area contributed by atoms with Crippen molar-refractivity contribution < 1.29 is 19.1 Å².